The number of aromatic amines is 1. The number of carbonyl (C=O) groups is 1. The molecule has 0 fully saturated rings. The molecule has 0 aliphatic carbocycles. The molecule has 1 aromatic heterocycles. The maximum absolute atomic E-state index is 11.5. The number of carbonyl (C=O) groups excluding carboxylic acids is 1. The second kappa shape index (κ2) is 3.42. The van der Waals surface area contributed by atoms with Crippen molar-refractivity contribution in [2.24, 2.45) is 0 Å². The van der Waals surface area contributed by atoms with Crippen molar-refractivity contribution in [3.8, 4) is 0 Å². The lowest BCUT2D eigenvalue weighted by molar-refractivity contribution is 0.0594. The van der Waals surface area contributed by atoms with Gasteiger partial charge in [0.2, 0.25) is 0 Å². The number of esters is 1. The van der Waals surface area contributed by atoms with Crippen LogP contribution in [0.2, 0.25) is 0 Å². The van der Waals surface area contributed by atoms with Gasteiger partial charge in [0, 0.05) is 10.9 Å². The summed E-state index contributed by atoms with van der Waals surface area (Å²) in [6.45, 7) is 3.93. The minimum Gasteiger partial charge on any atom is -0.464 e. The van der Waals surface area contributed by atoms with E-state index in [2.05, 4.69) is 4.98 Å². The van der Waals surface area contributed by atoms with Gasteiger partial charge < -0.3 is 9.72 Å². The van der Waals surface area contributed by atoms with E-state index in [9.17, 15) is 4.79 Å². The molecule has 0 radical (unpaired) electrons. The van der Waals surface area contributed by atoms with Crippen LogP contribution in [0.25, 0.3) is 10.9 Å². The van der Waals surface area contributed by atoms with Crippen LogP contribution in [0.1, 0.15) is 21.6 Å². The zero-order chi connectivity index (χ0) is 11.0. The van der Waals surface area contributed by atoms with Crippen LogP contribution in [-0.4, -0.2) is 18.1 Å². The molecule has 15 heavy (non-hydrogen) atoms. The summed E-state index contributed by atoms with van der Waals surface area (Å²) in [6, 6.07) is 6.00. The zero-order valence-corrected chi connectivity index (χ0v) is 9.05. The monoisotopic (exact) mass is 203 g/mol. The summed E-state index contributed by atoms with van der Waals surface area (Å²) in [4.78, 5) is 14.6. The van der Waals surface area contributed by atoms with Crippen LogP contribution in [0.15, 0.2) is 18.2 Å². The Morgan fingerprint density at radius 2 is 2.07 bits per heavy atom. The van der Waals surface area contributed by atoms with Crippen LogP contribution < -0.4 is 0 Å². The van der Waals surface area contributed by atoms with E-state index < -0.39 is 0 Å². The molecule has 3 nitrogen and oxygen atoms in total. The van der Waals surface area contributed by atoms with Crippen molar-refractivity contribution < 1.29 is 9.53 Å². The molecule has 3 heteroatoms. The number of benzene rings is 1. The summed E-state index contributed by atoms with van der Waals surface area (Å²) in [6.07, 6.45) is 0. The van der Waals surface area contributed by atoms with E-state index in [0.29, 0.717) is 5.69 Å². The quantitative estimate of drug-likeness (QED) is 0.724. The van der Waals surface area contributed by atoms with Crippen LogP contribution in [0.5, 0.6) is 0 Å². The molecule has 0 aliphatic heterocycles. The average Bonchev–Trinajstić information content (AvgIpc) is 2.57. The van der Waals surface area contributed by atoms with Gasteiger partial charge in [-0.1, -0.05) is 18.2 Å². The van der Waals surface area contributed by atoms with Crippen molar-refractivity contribution in [2.75, 3.05) is 7.11 Å². The van der Waals surface area contributed by atoms with Gasteiger partial charge in [0.15, 0.2) is 0 Å². The molecule has 0 atom stereocenters. The summed E-state index contributed by atoms with van der Waals surface area (Å²) in [5.74, 6) is -0.317. The van der Waals surface area contributed by atoms with Gasteiger partial charge in [-0.15, -0.1) is 0 Å². The number of nitrogens with one attached hydrogen (secondary N) is 1. The molecule has 2 aromatic rings. The first-order valence-electron chi connectivity index (χ1n) is 4.81. The number of ether oxygens (including phenoxy) is 1. The van der Waals surface area contributed by atoms with Gasteiger partial charge in [-0.25, -0.2) is 4.79 Å². The van der Waals surface area contributed by atoms with Crippen LogP contribution in [0, 0.1) is 13.8 Å². The van der Waals surface area contributed by atoms with Crippen molar-refractivity contribution in [3.05, 3.63) is 35.0 Å². The van der Waals surface area contributed by atoms with Crippen LogP contribution in [-0.2, 0) is 4.74 Å². The molecule has 1 aromatic carbocycles. The fourth-order valence-corrected chi connectivity index (χ4v) is 1.81. The van der Waals surface area contributed by atoms with Crippen molar-refractivity contribution in [2.45, 2.75) is 13.8 Å². The number of para-hydroxylation sites is 1. The third kappa shape index (κ3) is 1.40. The molecule has 0 bridgehead atoms. The standard InChI is InChI=1S/C12H13NO2/c1-7-5-4-6-9-8(2)11(12(14)15-3)13-10(7)9/h4-6,13H,1-3H3. The number of H-pyrrole nitrogens is 1. The Labute approximate surface area is 88.1 Å². The number of aryl methyl sites for hydroxylation is 2. The van der Waals surface area contributed by atoms with E-state index in [-0.39, 0.29) is 5.97 Å². The van der Waals surface area contributed by atoms with E-state index in [1.807, 2.05) is 32.0 Å². The molecule has 78 valence electrons. The number of hydrogen-bond acceptors (Lipinski definition) is 2. The van der Waals surface area contributed by atoms with Gasteiger partial charge >= 0.3 is 5.97 Å². The summed E-state index contributed by atoms with van der Waals surface area (Å²) in [5, 5.41) is 1.08. The average molecular weight is 203 g/mol. The van der Waals surface area contributed by atoms with Crippen molar-refractivity contribution in [1.29, 1.82) is 0 Å². The Hall–Kier alpha value is -1.77. The third-order valence-corrected chi connectivity index (χ3v) is 2.69. The molecule has 0 unspecified atom stereocenters. The van der Waals surface area contributed by atoms with Crippen LogP contribution in [0.3, 0.4) is 0 Å². The minimum atomic E-state index is -0.317. The molecule has 0 aliphatic rings. The van der Waals surface area contributed by atoms with Gasteiger partial charge in [0.05, 0.1) is 7.11 Å². The van der Waals surface area contributed by atoms with Crippen molar-refractivity contribution in [1.82, 2.24) is 4.98 Å². The lowest BCUT2D eigenvalue weighted by Crippen LogP contribution is -2.02. The van der Waals surface area contributed by atoms with Gasteiger partial charge in [-0.05, 0) is 25.0 Å². The summed E-state index contributed by atoms with van der Waals surface area (Å²) >= 11 is 0. The van der Waals surface area contributed by atoms with Gasteiger partial charge in [0.1, 0.15) is 5.69 Å². The lowest BCUT2D eigenvalue weighted by atomic mass is 10.1. The molecular weight excluding hydrogens is 190 g/mol. The first kappa shape index (κ1) is 9.77. The predicted molar refractivity (Wildman–Crippen MR) is 59.1 cm³/mol. The fraction of sp³-hybridized carbons (Fsp3) is 0.250. The topological polar surface area (TPSA) is 42.1 Å². The second-order valence-electron chi connectivity index (χ2n) is 3.61. The molecule has 2 rings (SSSR count). The molecule has 0 saturated carbocycles. The molecular formula is C12H13NO2. The van der Waals surface area contributed by atoms with Gasteiger partial charge in [-0.3, -0.25) is 0 Å². The number of hydrogen-bond donors (Lipinski definition) is 1. The summed E-state index contributed by atoms with van der Waals surface area (Å²) in [7, 11) is 1.39. The molecule has 0 spiro atoms. The molecule has 0 amide bonds. The van der Waals surface area contributed by atoms with Gasteiger partial charge in [0.25, 0.3) is 0 Å². The number of rotatable bonds is 1. The molecule has 1 heterocycles. The minimum absolute atomic E-state index is 0.317. The normalized spacial score (nSPS) is 10.6. The SMILES string of the molecule is COC(=O)c1[nH]c2c(C)cccc2c1C. The molecule has 1 N–H and O–H groups in total. The lowest BCUT2D eigenvalue weighted by Gasteiger charge is -1.95. The van der Waals surface area contributed by atoms with E-state index in [1.54, 1.807) is 0 Å². The van der Waals surface area contributed by atoms with E-state index >= 15 is 0 Å². The van der Waals surface area contributed by atoms with Crippen molar-refractivity contribution in [3.63, 3.8) is 0 Å². The Kier molecular flexibility index (Phi) is 2.23. The predicted octanol–water partition coefficient (Wildman–Crippen LogP) is 2.57. The summed E-state index contributed by atoms with van der Waals surface area (Å²) < 4.78 is 4.72. The zero-order valence-electron chi connectivity index (χ0n) is 9.05. The smallest absolute Gasteiger partial charge is 0.354 e. The van der Waals surface area contributed by atoms with E-state index in [4.69, 9.17) is 4.74 Å². The fourth-order valence-electron chi connectivity index (χ4n) is 1.81. The Morgan fingerprint density at radius 3 is 2.67 bits per heavy atom. The maximum Gasteiger partial charge on any atom is 0.354 e. The van der Waals surface area contributed by atoms with Gasteiger partial charge in [-0.2, -0.15) is 0 Å². The highest BCUT2D eigenvalue weighted by Gasteiger charge is 2.15. The van der Waals surface area contributed by atoms with Crippen LogP contribution >= 0.6 is 0 Å². The van der Waals surface area contributed by atoms with Crippen LogP contribution in [0.4, 0.5) is 0 Å². The summed E-state index contributed by atoms with van der Waals surface area (Å²) in [5.41, 5.74) is 3.63. The number of aromatic nitrogens is 1. The Balaban J connectivity index is 2.75. The highest BCUT2D eigenvalue weighted by atomic mass is 16.5. The molecule has 0 saturated heterocycles. The maximum atomic E-state index is 11.5. The van der Waals surface area contributed by atoms with E-state index in [0.717, 1.165) is 22.0 Å². The highest BCUT2D eigenvalue weighted by Crippen LogP contribution is 2.24. The first-order valence-corrected chi connectivity index (χ1v) is 4.81. The Morgan fingerprint density at radius 1 is 1.33 bits per heavy atom. The first-order chi connectivity index (χ1) is 7.15. The Bertz CT molecular complexity index is 526. The largest absolute Gasteiger partial charge is 0.464 e. The van der Waals surface area contributed by atoms with E-state index in [1.165, 1.54) is 7.11 Å². The highest BCUT2D eigenvalue weighted by molar-refractivity contribution is 5.98. The third-order valence-electron chi connectivity index (χ3n) is 2.69. The number of methoxy groups -OCH3 is 1. The number of fused-ring (bicyclic) bond motifs is 1. The second-order valence-corrected chi connectivity index (χ2v) is 3.61. The van der Waals surface area contributed by atoms with Crippen molar-refractivity contribution >= 4 is 16.9 Å².